The zero-order valence-electron chi connectivity index (χ0n) is 7.82. The molecule has 0 fully saturated rings. The van der Waals surface area contributed by atoms with Crippen LogP contribution in [-0.4, -0.2) is 9.97 Å². The number of hydrogen-bond acceptors (Lipinski definition) is 2. The van der Waals surface area contributed by atoms with Crippen molar-refractivity contribution in [1.29, 1.82) is 0 Å². The fraction of sp³-hybridized carbons (Fsp3) is 0.0909. The van der Waals surface area contributed by atoms with E-state index in [2.05, 4.69) is 25.9 Å². The summed E-state index contributed by atoms with van der Waals surface area (Å²) in [5.74, 6) is -0.335. The highest BCUT2D eigenvalue weighted by Gasteiger charge is 2.06. The molecule has 0 aliphatic heterocycles. The molecule has 2 aromatic heterocycles. The average molecular weight is 267 g/mol. The number of rotatable bonds is 2. The summed E-state index contributed by atoms with van der Waals surface area (Å²) in [6, 6.07) is 5.18. The number of aromatic nitrogens is 2. The molecule has 0 spiro atoms. The van der Waals surface area contributed by atoms with Crippen LogP contribution in [0.4, 0.5) is 4.39 Å². The summed E-state index contributed by atoms with van der Waals surface area (Å²) in [7, 11) is 0. The molecular weight excluding hydrogens is 259 g/mol. The van der Waals surface area contributed by atoms with E-state index in [1.54, 1.807) is 12.4 Å². The molecular formula is C11H8BrFN2. The Morgan fingerprint density at radius 1 is 1.33 bits per heavy atom. The lowest BCUT2D eigenvalue weighted by Crippen LogP contribution is -1.92. The molecule has 2 rings (SSSR count). The largest absolute Gasteiger partial charge is 0.264 e. The maximum Gasteiger partial charge on any atom is 0.142 e. The van der Waals surface area contributed by atoms with Gasteiger partial charge in [-0.3, -0.25) is 9.97 Å². The molecule has 0 aliphatic rings. The minimum atomic E-state index is -0.335. The second kappa shape index (κ2) is 4.49. The molecule has 0 saturated carbocycles. The molecule has 15 heavy (non-hydrogen) atoms. The fourth-order valence-electron chi connectivity index (χ4n) is 1.35. The molecule has 0 saturated heterocycles. The third-order valence-corrected chi connectivity index (χ3v) is 2.57. The lowest BCUT2D eigenvalue weighted by atomic mass is 10.1. The van der Waals surface area contributed by atoms with Crippen molar-refractivity contribution in [2.75, 3.05) is 0 Å². The maximum absolute atomic E-state index is 13.1. The Kier molecular flexibility index (Phi) is 3.06. The van der Waals surface area contributed by atoms with Gasteiger partial charge in [-0.05, 0) is 12.1 Å². The number of halogens is 2. The highest BCUT2D eigenvalue weighted by atomic mass is 79.9. The summed E-state index contributed by atoms with van der Waals surface area (Å²) in [5.41, 5.74) is 2.46. The first-order valence-corrected chi connectivity index (χ1v) is 5.54. The molecule has 2 heterocycles. The van der Waals surface area contributed by atoms with E-state index in [9.17, 15) is 4.39 Å². The highest BCUT2D eigenvalue weighted by molar-refractivity contribution is 9.08. The van der Waals surface area contributed by atoms with Crippen LogP contribution in [0.15, 0.2) is 36.8 Å². The van der Waals surface area contributed by atoms with E-state index in [1.165, 1.54) is 12.3 Å². The van der Waals surface area contributed by atoms with E-state index in [0.29, 0.717) is 5.33 Å². The second-order valence-corrected chi connectivity index (χ2v) is 3.58. The summed E-state index contributed by atoms with van der Waals surface area (Å²) >= 11 is 3.32. The SMILES string of the molecule is Fc1cnc(CBr)c(-c2cccnc2)c1. The first kappa shape index (κ1) is 10.2. The Hall–Kier alpha value is -1.29. The minimum absolute atomic E-state index is 0.335. The third-order valence-electron chi connectivity index (χ3n) is 2.04. The van der Waals surface area contributed by atoms with Crippen LogP contribution >= 0.6 is 15.9 Å². The lowest BCUT2D eigenvalue weighted by molar-refractivity contribution is 0.621. The molecule has 0 aliphatic carbocycles. The monoisotopic (exact) mass is 266 g/mol. The number of nitrogens with zero attached hydrogens (tertiary/aromatic N) is 2. The van der Waals surface area contributed by atoms with Gasteiger partial charge in [-0.15, -0.1) is 0 Å². The van der Waals surface area contributed by atoms with Crippen molar-refractivity contribution in [1.82, 2.24) is 9.97 Å². The quantitative estimate of drug-likeness (QED) is 0.781. The van der Waals surface area contributed by atoms with Gasteiger partial charge in [-0.2, -0.15) is 0 Å². The summed E-state index contributed by atoms with van der Waals surface area (Å²) in [4.78, 5) is 8.02. The topological polar surface area (TPSA) is 25.8 Å². The zero-order valence-corrected chi connectivity index (χ0v) is 9.41. The van der Waals surface area contributed by atoms with Gasteiger partial charge >= 0.3 is 0 Å². The van der Waals surface area contributed by atoms with Crippen molar-refractivity contribution in [2.24, 2.45) is 0 Å². The van der Waals surface area contributed by atoms with Gasteiger partial charge in [0.25, 0.3) is 0 Å². The van der Waals surface area contributed by atoms with Crippen LogP contribution in [-0.2, 0) is 5.33 Å². The van der Waals surface area contributed by atoms with Gasteiger partial charge in [-0.1, -0.05) is 22.0 Å². The standard InChI is InChI=1S/C11H8BrFN2/c12-5-11-10(4-9(13)7-15-11)8-2-1-3-14-6-8/h1-4,6-7H,5H2. The molecule has 0 bridgehead atoms. The maximum atomic E-state index is 13.1. The normalized spacial score (nSPS) is 10.3. The summed E-state index contributed by atoms with van der Waals surface area (Å²) in [6.45, 7) is 0. The minimum Gasteiger partial charge on any atom is -0.264 e. The van der Waals surface area contributed by atoms with Crippen LogP contribution in [0.5, 0.6) is 0 Å². The van der Waals surface area contributed by atoms with Gasteiger partial charge < -0.3 is 0 Å². The molecule has 2 aromatic rings. The Morgan fingerprint density at radius 2 is 2.20 bits per heavy atom. The molecule has 0 N–H and O–H groups in total. The van der Waals surface area contributed by atoms with Crippen molar-refractivity contribution >= 4 is 15.9 Å². The summed E-state index contributed by atoms with van der Waals surface area (Å²) in [6.07, 6.45) is 4.60. The van der Waals surface area contributed by atoms with Crippen LogP contribution < -0.4 is 0 Å². The Morgan fingerprint density at radius 3 is 2.87 bits per heavy atom. The lowest BCUT2D eigenvalue weighted by Gasteiger charge is -2.05. The molecule has 0 aromatic carbocycles. The fourth-order valence-corrected chi connectivity index (χ4v) is 1.79. The first-order valence-electron chi connectivity index (χ1n) is 4.42. The number of pyridine rings is 2. The highest BCUT2D eigenvalue weighted by Crippen LogP contribution is 2.23. The van der Waals surface area contributed by atoms with E-state index < -0.39 is 0 Å². The van der Waals surface area contributed by atoms with Crippen LogP contribution in [0.3, 0.4) is 0 Å². The van der Waals surface area contributed by atoms with Gasteiger partial charge in [-0.25, -0.2) is 4.39 Å². The Labute approximate surface area is 95.3 Å². The number of hydrogen-bond donors (Lipinski definition) is 0. The van der Waals surface area contributed by atoms with Crippen molar-refractivity contribution < 1.29 is 4.39 Å². The molecule has 4 heteroatoms. The zero-order chi connectivity index (χ0) is 10.7. The molecule has 76 valence electrons. The predicted molar refractivity (Wildman–Crippen MR) is 60.1 cm³/mol. The van der Waals surface area contributed by atoms with Crippen molar-refractivity contribution in [3.8, 4) is 11.1 Å². The van der Waals surface area contributed by atoms with E-state index in [1.807, 2.05) is 12.1 Å². The van der Waals surface area contributed by atoms with Gasteiger partial charge in [0.1, 0.15) is 5.82 Å². The summed E-state index contributed by atoms with van der Waals surface area (Å²) in [5, 5.41) is 0.595. The smallest absolute Gasteiger partial charge is 0.142 e. The summed E-state index contributed by atoms with van der Waals surface area (Å²) < 4.78 is 13.1. The van der Waals surface area contributed by atoms with E-state index in [0.717, 1.165) is 16.8 Å². The van der Waals surface area contributed by atoms with Gasteiger partial charge in [0.05, 0.1) is 11.9 Å². The van der Waals surface area contributed by atoms with Gasteiger partial charge in [0.2, 0.25) is 0 Å². The van der Waals surface area contributed by atoms with Crippen molar-refractivity contribution in [3.63, 3.8) is 0 Å². The predicted octanol–water partition coefficient (Wildman–Crippen LogP) is 3.18. The Balaban J connectivity index is 2.56. The van der Waals surface area contributed by atoms with Crippen LogP contribution in [0, 0.1) is 5.82 Å². The molecule has 2 nitrogen and oxygen atoms in total. The van der Waals surface area contributed by atoms with Crippen LogP contribution in [0.1, 0.15) is 5.69 Å². The van der Waals surface area contributed by atoms with E-state index in [-0.39, 0.29) is 5.82 Å². The average Bonchev–Trinajstić information content (AvgIpc) is 2.30. The molecule has 0 atom stereocenters. The van der Waals surface area contributed by atoms with Crippen LogP contribution in [0.2, 0.25) is 0 Å². The van der Waals surface area contributed by atoms with Crippen molar-refractivity contribution in [2.45, 2.75) is 5.33 Å². The third kappa shape index (κ3) is 2.21. The van der Waals surface area contributed by atoms with Gasteiger partial charge in [0, 0.05) is 28.9 Å². The number of alkyl halides is 1. The molecule has 0 amide bonds. The van der Waals surface area contributed by atoms with Gasteiger partial charge in [0.15, 0.2) is 0 Å². The van der Waals surface area contributed by atoms with Crippen molar-refractivity contribution in [3.05, 3.63) is 48.3 Å². The first-order chi connectivity index (χ1) is 7.31. The van der Waals surface area contributed by atoms with Crippen LogP contribution in [0.25, 0.3) is 11.1 Å². The van der Waals surface area contributed by atoms with E-state index in [4.69, 9.17) is 0 Å². The second-order valence-electron chi connectivity index (χ2n) is 3.02. The van der Waals surface area contributed by atoms with E-state index >= 15 is 0 Å². The molecule has 0 unspecified atom stereocenters. The molecule has 0 radical (unpaired) electrons. The Bertz CT molecular complexity index is 459.